The van der Waals surface area contributed by atoms with Crippen molar-refractivity contribution in [3.8, 4) is 0 Å². The van der Waals surface area contributed by atoms with E-state index in [1.165, 1.54) is 5.06 Å². The molecule has 0 unspecified atom stereocenters. The molecule has 0 aromatic heterocycles. The van der Waals surface area contributed by atoms with Crippen molar-refractivity contribution < 1.29 is 5.21 Å². The van der Waals surface area contributed by atoms with Crippen molar-refractivity contribution in [2.24, 2.45) is 5.73 Å². The lowest BCUT2D eigenvalue weighted by molar-refractivity contribution is -0.0561. The monoisotopic (exact) mass is 196 g/mol. The summed E-state index contributed by atoms with van der Waals surface area (Å²) in [6, 6.07) is 0. The van der Waals surface area contributed by atoms with E-state index in [4.69, 9.17) is 5.73 Å². The molecule has 0 aromatic rings. The summed E-state index contributed by atoms with van der Waals surface area (Å²) < 4.78 is 0. The summed E-state index contributed by atoms with van der Waals surface area (Å²) in [6.45, 7) is 8.49. The molecule has 0 heterocycles. The van der Waals surface area contributed by atoms with E-state index in [0.29, 0.717) is 13.1 Å². The second-order valence-corrected chi connectivity index (χ2v) is 3.01. The van der Waals surface area contributed by atoms with Gasteiger partial charge in [-0.25, -0.2) is 0 Å². The van der Waals surface area contributed by atoms with E-state index in [1.54, 1.807) is 0 Å². The van der Waals surface area contributed by atoms with Gasteiger partial charge in [0, 0.05) is 18.8 Å². The highest BCUT2D eigenvalue weighted by Gasteiger charge is 2.01. The van der Waals surface area contributed by atoms with Crippen LogP contribution in [-0.4, -0.2) is 23.4 Å². The van der Waals surface area contributed by atoms with Crippen LogP contribution in [-0.2, 0) is 0 Å². The average molecular weight is 196 g/mol. The third kappa shape index (κ3) is 6.46. The normalized spacial score (nSPS) is 10.4. The first-order valence-corrected chi connectivity index (χ1v) is 4.82. The molecule has 0 aliphatic rings. The first-order valence-electron chi connectivity index (χ1n) is 4.82. The van der Waals surface area contributed by atoms with Crippen molar-refractivity contribution in [2.45, 2.75) is 19.3 Å². The molecule has 0 saturated heterocycles. The Morgan fingerprint density at radius 2 is 2.07 bits per heavy atom. The van der Waals surface area contributed by atoms with Crippen LogP contribution in [0.15, 0.2) is 37.1 Å². The summed E-state index contributed by atoms with van der Waals surface area (Å²) in [5.41, 5.74) is 6.01. The first-order chi connectivity index (χ1) is 6.72. The van der Waals surface area contributed by atoms with Gasteiger partial charge >= 0.3 is 0 Å². The number of allylic oxidation sites excluding steroid dienone is 2. The van der Waals surface area contributed by atoms with Gasteiger partial charge in [-0.3, -0.25) is 10.3 Å². The molecule has 80 valence electrons. The van der Waals surface area contributed by atoms with E-state index in [-0.39, 0.29) is 0 Å². The zero-order valence-corrected chi connectivity index (χ0v) is 8.65. The minimum atomic E-state index is 0.544. The number of nitrogens with zero attached hydrogens (tertiary/aromatic N) is 1. The summed E-state index contributed by atoms with van der Waals surface area (Å²) >= 11 is 0. The van der Waals surface area contributed by atoms with Gasteiger partial charge in [0.1, 0.15) is 0 Å². The Bertz CT molecular complexity index is 199. The lowest BCUT2D eigenvalue weighted by atomic mass is 10.2. The summed E-state index contributed by atoms with van der Waals surface area (Å²) in [5, 5.41) is 10.7. The number of hydrogen-bond acceptors (Lipinski definition) is 3. The van der Waals surface area contributed by atoms with Gasteiger partial charge in [-0.1, -0.05) is 24.8 Å². The van der Waals surface area contributed by atoms with Crippen molar-refractivity contribution >= 4 is 0 Å². The molecule has 0 atom stereocenters. The standard InChI is InChI=1S/C11H20N2O/c1-3-4-8-11(2)13(14)10-7-5-6-9-12/h3,5-6,14H,1-2,4,7-10,12H2/b6-5+. The molecule has 14 heavy (non-hydrogen) atoms. The summed E-state index contributed by atoms with van der Waals surface area (Å²) in [7, 11) is 0. The van der Waals surface area contributed by atoms with Gasteiger partial charge in [-0.2, -0.15) is 0 Å². The predicted octanol–water partition coefficient (Wildman–Crippen LogP) is 2.06. The second-order valence-electron chi connectivity index (χ2n) is 3.01. The van der Waals surface area contributed by atoms with Crippen molar-refractivity contribution in [1.29, 1.82) is 0 Å². The van der Waals surface area contributed by atoms with Crippen LogP contribution < -0.4 is 5.73 Å². The number of nitrogens with two attached hydrogens (primary N) is 1. The third-order valence-electron chi connectivity index (χ3n) is 1.81. The molecule has 0 aliphatic carbocycles. The minimum absolute atomic E-state index is 0.544. The SMILES string of the molecule is C=CCCC(=C)N(O)CC/C=C/CN. The van der Waals surface area contributed by atoms with Crippen molar-refractivity contribution in [1.82, 2.24) is 5.06 Å². The largest absolute Gasteiger partial charge is 0.327 e. The fourth-order valence-electron chi connectivity index (χ4n) is 0.967. The maximum absolute atomic E-state index is 9.48. The number of hydroxylamine groups is 2. The van der Waals surface area contributed by atoms with E-state index in [9.17, 15) is 5.21 Å². The molecule has 0 aliphatic heterocycles. The van der Waals surface area contributed by atoms with E-state index in [2.05, 4.69) is 13.2 Å². The van der Waals surface area contributed by atoms with E-state index >= 15 is 0 Å². The van der Waals surface area contributed by atoms with Crippen LogP contribution in [0.2, 0.25) is 0 Å². The van der Waals surface area contributed by atoms with Crippen molar-refractivity contribution in [3.63, 3.8) is 0 Å². The zero-order chi connectivity index (χ0) is 10.8. The Kier molecular flexibility index (Phi) is 7.89. The molecular weight excluding hydrogens is 176 g/mol. The molecule has 0 fully saturated rings. The van der Waals surface area contributed by atoms with Gasteiger partial charge in [-0.15, -0.1) is 6.58 Å². The molecule has 0 rings (SSSR count). The molecule has 0 amide bonds. The molecule has 0 spiro atoms. The molecule has 0 bridgehead atoms. The minimum Gasteiger partial charge on any atom is -0.327 e. The predicted molar refractivity (Wildman–Crippen MR) is 59.9 cm³/mol. The Balaban J connectivity index is 3.61. The highest BCUT2D eigenvalue weighted by molar-refractivity contribution is 4.93. The molecule has 3 nitrogen and oxygen atoms in total. The zero-order valence-electron chi connectivity index (χ0n) is 8.65. The van der Waals surface area contributed by atoms with Crippen LogP contribution >= 0.6 is 0 Å². The second kappa shape index (κ2) is 8.53. The van der Waals surface area contributed by atoms with Crippen LogP contribution in [0.5, 0.6) is 0 Å². The van der Waals surface area contributed by atoms with E-state index in [0.717, 1.165) is 25.0 Å². The van der Waals surface area contributed by atoms with Gasteiger partial charge in [0.2, 0.25) is 0 Å². The van der Waals surface area contributed by atoms with Gasteiger partial charge in [0.15, 0.2) is 0 Å². The molecular formula is C11H20N2O. The van der Waals surface area contributed by atoms with E-state index in [1.807, 2.05) is 18.2 Å². The third-order valence-corrected chi connectivity index (χ3v) is 1.81. The highest BCUT2D eigenvalue weighted by Crippen LogP contribution is 2.07. The van der Waals surface area contributed by atoms with Gasteiger partial charge in [0.05, 0.1) is 0 Å². The van der Waals surface area contributed by atoms with Gasteiger partial charge < -0.3 is 5.73 Å². The summed E-state index contributed by atoms with van der Waals surface area (Å²) in [4.78, 5) is 0. The lowest BCUT2D eigenvalue weighted by Gasteiger charge is -2.17. The van der Waals surface area contributed by atoms with Gasteiger partial charge in [-0.05, 0) is 19.3 Å². The van der Waals surface area contributed by atoms with E-state index < -0.39 is 0 Å². The average Bonchev–Trinajstić information content (AvgIpc) is 2.20. The number of hydrogen-bond donors (Lipinski definition) is 2. The lowest BCUT2D eigenvalue weighted by Crippen LogP contribution is -2.18. The van der Waals surface area contributed by atoms with Crippen LogP contribution in [0.4, 0.5) is 0 Å². The van der Waals surface area contributed by atoms with Crippen LogP contribution in [0.3, 0.4) is 0 Å². The highest BCUT2D eigenvalue weighted by atomic mass is 16.5. The fraction of sp³-hybridized carbons (Fsp3) is 0.455. The maximum atomic E-state index is 9.48. The molecule has 3 N–H and O–H groups in total. The quantitative estimate of drug-likeness (QED) is 0.461. The van der Waals surface area contributed by atoms with Crippen LogP contribution in [0, 0.1) is 0 Å². The summed E-state index contributed by atoms with van der Waals surface area (Å²) in [5.74, 6) is 0. The smallest absolute Gasteiger partial charge is 0.0484 e. The summed E-state index contributed by atoms with van der Waals surface area (Å²) in [6.07, 6.45) is 8.01. The Labute approximate surface area is 86.2 Å². The fourth-order valence-corrected chi connectivity index (χ4v) is 0.967. The molecule has 0 radical (unpaired) electrons. The van der Waals surface area contributed by atoms with Crippen molar-refractivity contribution in [3.05, 3.63) is 37.1 Å². The molecule has 0 aromatic carbocycles. The number of rotatable bonds is 8. The van der Waals surface area contributed by atoms with Crippen LogP contribution in [0.25, 0.3) is 0 Å². The topological polar surface area (TPSA) is 49.5 Å². The van der Waals surface area contributed by atoms with Gasteiger partial charge in [0.25, 0.3) is 0 Å². The molecule has 3 heteroatoms. The Morgan fingerprint density at radius 3 is 2.64 bits per heavy atom. The Morgan fingerprint density at radius 1 is 1.36 bits per heavy atom. The van der Waals surface area contributed by atoms with Crippen molar-refractivity contribution in [2.75, 3.05) is 13.1 Å². The first kappa shape index (κ1) is 12.9. The molecule has 0 saturated carbocycles. The van der Waals surface area contributed by atoms with Crippen LogP contribution in [0.1, 0.15) is 19.3 Å². The maximum Gasteiger partial charge on any atom is 0.0484 e. The Hall–Kier alpha value is -1.06.